The molecular formula is C22H23FN4O2S. The van der Waals surface area contributed by atoms with Crippen LogP contribution >= 0.6 is 11.3 Å². The summed E-state index contributed by atoms with van der Waals surface area (Å²) in [5, 5.41) is 12.5. The Balaban J connectivity index is 1.35. The summed E-state index contributed by atoms with van der Waals surface area (Å²) in [5.74, 6) is 0.406. The topological polar surface area (TPSA) is 67.4 Å². The van der Waals surface area contributed by atoms with Crippen molar-refractivity contribution in [3.8, 4) is 16.3 Å². The molecule has 0 aliphatic carbocycles. The third-order valence-electron chi connectivity index (χ3n) is 5.19. The second-order valence-corrected chi connectivity index (χ2v) is 8.31. The number of likely N-dealkylation sites (tertiary alicyclic amines) is 1. The average molecular weight is 427 g/mol. The molecule has 0 spiro atoms. The van der Waals surface area contributed by atoms with Crippen molar-refractivity contribution in [1.29, 1.82) is 0 Å². The van der Waals surface area contributed by atoms with Crippen LogP contribution in [-0.2, 0) is 11.3 Å². The molecule has 2 aromatic carbocycles. The SMILES string of the molecule is COc1ccc(-c2nnc(NC(=O)[C@@H]3CCCN(Cc4ccc(F)cc4)C3)s2)cc1. The van der Waals surface area contributed by atoms with Gasteiger partial charge in [0.05, 0.1) is 13.0 Å². The molecule has 0 saturated carbocycles. The van der Waals surface area contributed by atoms with Crippen LogP contribution in [-0.4, -0.2) is 41.2 Å². The van der Waals surface area contributed by atoms with Gasteiger partial charge in [-0.15, -0.1) is 10.2 Å². The zero-order valence-corrected chi connectivity index (χ0v) is 17.5. The van der Waals surface area contributed by atoms with Gasteiger partial charge < -0.3 is 10.1 Å². The van der Waals surface area contributed by atoms with Gasteiger partial charge in [-0.25, -0.2) is 4.39 Å². The van der Waals surface area contributed by atoms with Crippen molar-refractivity contribution in [2.45, 2.75) is 19.4 Å². The Morgan fingerprint density at radius 2 is 1.97 bits per heavy atom. The monoisotopic (exact) mass is 426 g/mol. The molecule has 0 unspecified atom stereocenters. The molecule has 0 radical (unpaired) electrons. The van der Waals surface area contributed by atoms with Gasteiger partial charge in [0, 0.05) is 18.7 Å². The van der Waals surface area contributed by atoms with Crippen molar-refractivity contribution in [3.05, 3.63) is 59.9 Å². The summed E-state index contributed by atoms with van der Waals surface area (Å²) >= 11 is 1.35. The fraction of sp³-hybridized carbons (Fsp3) is 0.318. The Kier molecular flexibility index (Phi) is 6.35. The van der Waals surface area contributed by atoms with E-state index >= 15 is 0 Å². The van der Waals surface area contributed by atoms with Gasteiger partial charge in [0.25, 0.3) is 0 Å². The molecule has 1 aliphatic rings. The minimum atomic E-state index is -0.235. The van der Waals surface area contributed by atoms with Crippen LogP contribution in [0.2, 0.25) is 0 Å². The standard InChI is InChI=1S/C22H23FN4O2S/c1-29-19-10-6-16(7-11-19)21-25-26-22(30-21)24-20(28)17-3-2-12-27(14-17)13-15-4-8-18(23)9-5-15/h4-11,17H,2-3,12-14H2,1H3,(H,24,26,28)/t17-/m1/s1. The van der Waals surface area contributed by atoms with E-state index in [4.69, 9.17) is 4.74 Å². The molecule has 30 heavy (non-hydrogen) atoms. The third kappa shape index (κ3) is 5.01. The quantitative estimate of drug-likeness (QED) is 0.640. The molecule has 1 aromatic heterocycles. The minimum Gasteiger partial charge on any atom is -0.497 e. The van der Waals surface area contributed by atoms with Crippen molar-refractivity contribution >= 4 is 22.4 Å². The molecular weight excluding hydrogens is 403 g/mol. The van der Waals surface area contributed by atoms with E-state index in [9.17, 15) is 9.18 Å². The van der Waals surface area contributed by atoms with Crippen molar-refractivity contribution in [2.75, 3.05) is 25.5 Å². The number of aromatic nitrogens is 2. The molecule has 1 atom stereocenters. The third-order valence-corrected chi connectivity index (χ3v) is 6.08. The summed E-state index contributed by atoms with van der Waals surface area (Å²) in [6, 6.07) is 14.1. The molecule has 6 nitrogen and oxygen atoms in total. The second-order valence-electron chi connectivity index (χ2n) is 7.33. The second kappa shape index (κ2) is 9.32. The molecule has 1 aliphatic heterocycles. The van der Waals surface area contributed by atoms with E-state index in [2.05, 4.69) is 20.4 Å². The maximum Gasteiger partial charge on any atom is 0.230 e. The highest BCUT2D eigenvalue weighted by molar-refractivity contribution is 7.18. The summed E-state index contributed by atoms with van der Waals surface area (Å²) in [4.78, 5) is 15.0. The van der Waals surface area contributed by atoms with Gasteiger partial charge in [0.15, 0.2) is 0 Å². The maximum absolute atomic E-state index is 13.1. The summed E-state index contributed by atoms with van der Waals surface area (Å²) in [7, 11) is 1.62. The molecule has 0 bridgehead atoms. The Bertz CT molecular complexity index is 991. The number of carbonyl (C=O) groups is 1. The van der Waals surface area contributed by atoms with Crippen molar-refractivity contribution in [2.24, 2.45) is 5.92 Å². The van der Waals surface area contributed by atoms with E-state index in [1.165, 1.54) is 23.5 Å². The lowest BCUT2D eigenvalue weighted by molar-refractivity contribution is -0.121. The fourth-order valence-electron chi connectivity index (χ4n) is 3.59. The average Bonchev–Trinajstić information content (AvgIpc) is 3.24. The highest BCUT2D eigenvalue weighted by Crippen LogP contribution is 2.28. The molecule has 1 N–H and O–H groups in total. The van der Waals surface area contributed by atoms with Gasteiger partial charge in [-0.1, -0.05) is 23.5 Å². The largest absolute Gasteiger partial charge is 0.497 e. The summed E-state index contributed by atoms with van der Waals surface area (Å²) in [5.41, 5.74) is 1.97. The van der Waals surface area contributed by atoms with Gasteiger partial charge in [-0.05, 0) is 61.3 Å². The lowest BCUT2D eigenvalue weighted by Crippen LogP contribution is -2.40. The highest BCUT2D eigenvalue weighted by Gasteiger charge is 2.26. The Morgan fingerprint density at radius 1 is 1.20 bits per heavy atom. The number of carbonyl (C=O) groups excluding carboxylic acids is 1. The number of ether oxygens (including phenoxy) is 1. The normalized spacial score (nSPS) is 16.9. The van der Waals surface area contributed by atoms with Crippen LogP contribution in [0.4, 0.5) is 9.52 Å². The van der Waals surface area contributed by atoms with Crippen LogP contribution in [0.25, 0.3) is 10.6 Å². The van der Waals surface area contributed by atoms with Crippen LogP contribution in [0.15, 0.2) is 48.5 Å². The number of halogens is 1. The Morgan fingerprint density at radius 3 is 2.70 bits per heavy atom. The van der Waals surface area contributed by atoms with Crippen LogP contribution in [0.3, 0.4) is 0 Å². The number of amides is 1. The van der Waals surface area contributed by atoms with Gasteiger partial charge in [-0.3, -0.25) is 9.69 Å². The highest BCUT2D eigenvalue weighted by atomic mass is 32.1. The number of rotatable bonds is 6. The lowest BCUT2D eigenvalue weighted by atomic mass is 9.97. The zero-order chi connectivity index (χ0) is 20.9. The first-order valence-electron chi connectivity index (χ1n) is 9.86. The number of benzene rings is 2. The Labute approximate surface area is 178 Å². The van der Waals surface area contributed by atoms with Crippen LogP contribution in [0, 0.1) is 11.7 Å². The number of hydrogen-bond donors (Lipinski definition) is 1. The fourth-order valence-corrected chi connectivity index (χ4v) is 4.34. The summed E-state index contributed by atoms with van der Waals surface area (Å²) < 4.78 is 18.3. The van der Waals surface area contributed by atoms with E-state index in [0.717, 1.165) is 41.3 Å². The molecule has 1 fully saturated rings. The molecule has 1 amide bonds. The maximum atomic E-state index is 13.1. The van der Waals surface area contributed by atoms with Gasteiger partial charge >= 0.3 is 0 Å². The number of methoxy groups -OCH3 is 1. The van der Waals surface area contributed by atoms with E-state index in [1.807, 2.05) is 24.3 Å². The lowest BCUT2D eigenvalue weighted by Gasteiger charge is -2.31. The number of nitrogens with zero attached hydrogens (tertiary/aromatic N) is 3. The predicted molar refractivity (Wildman–Crippen MR) is 115 cm³/mol. The Hall–Kier alpha value is -2.84. The molecule has 8 heteroatoms. The summed E-state index contributed by atoms with van der Waals surface area (Å²) in [6.45, 7) is 2.32. The predicted octanol–water partition coefficient (Wildman–Crippen LogP) is 4.20. The first-order chi connectivity index (χ1) is 14.6. The van der Waals surface area contributed by atoms with Crippen molar-refractivity contribution in [1.82, 2.24) is 15.1 Å². The molecule has 4 rings (SSSR count). The van der Waals surface area contributed by atoms with E-state index in [1.54, 1.807) is 19.2 Å². The van der Waals surface area contributed by atoms with Crippen LogP contribution in [0.1, 0.15) is 18.4 Å². The molecule has 2 heterocycles. The van der Waals surface area contributed by atoms with E-state index in [-0.39, 0.29) is 17.6 Å². The number of anilines is 1. The van der Waals surface area contributed by atoms with E-state index < -0.39 is 0 Å². The van der Waals surface area contributed by atoms with Gasteiger partial charge in [0.2, 0.25) is 11.0 Å². The smallest absolute Gasteiger partial charge is 0.230 e. The molecule has 3 aromatic rings. The van der Waals surface area contributed by atoms with Crippen LogP contribution < -0.4 is 10.1 Å². The molecule has 1 saturated heterocycles. The molecule has 156 valence electrons. The number of nitrogens with one attached hydrogen (secondary N) is 1. The number of hydrogen-bond acceptors (Lipinski definition) is 6. The van der Waals surface area contributed by atoms with E-state index in [0.29, 0.717) is 18.2 Å². The van der Waals surface area contributed by atoms with Crippen molar-refractivity contribution in [3.63, 3.8) is 0 Å². The number of piperidine rings is 1. The zero-order valence-electron chi connectivity index (χ0n) is 16.7. The van der Waals surface area contributed by atoms with Crippen LogP contribution in [0.5, 0.6) is 5.75 Å². The van der Waals surface area contributed by atoms with Gasteiger partial charge in [-0.2, -0.15) is 0 Å². The van der Waals surface area contributed by atoms with Gasteiger partial charge in [0.1, 0.15) is 16.6 Å². The first-order valence-corrected chi connectivity index (χ1v) is 10.7. The minimum absolute atomic E-state index is 0.0313. The first kappa shape index (κ1) is 20.4. The summed E-state index contributed by atoms with van der Waals surface area (Å²) in [6.07, 6.45) is 1.79. The van der Waals surface area contributed by atoms with Crippen molar-refractivity contribution < 1.29 is 13.9 Å².